The Morgan fingerprint density at radius 3 is 2.72 bits per heavy atom. The number of nitrogens with one attached hydrogen (secondary N) is 3. The first kappa shape index (κ1) is 27.6. The van der Waals surface area contributed by atoms with Crippen molar-refractivity contribution in [2.45, 2.75) is 33.7 Å². The smallest absolute Gasteiger partial charge is 0.350 e. The quantitative estimate of drug-likeness (QED) is 0.0739. The summed E-state index contributed by atoms with van der Waals surface area (Å²) in [5.74, 6) is 0.225. The van der Waals surface area contributed by atoms with E-state index in [1.54, 1.807) is 32.0 Å². The van der Waals surface area contributed by atoms with Crippen molar-refractivity contribution in [3.8, 4) is 0 Å². The van der Waals surface area contributed by atoms with Crippen molar-refractivity contribution in [1.29, 1.82) is 0 Å². The molecule has 0 bridgehead atoms. The third kappa shape index (κ3) is 7.89. The van der Waals surface area contributed by atoms with Gasteiger partial charge in [-0.2, -0.15) is 0 Å². The topological polar surface area (TPSA) is 131 Å². The molecule has 1 aromatic carbocycles. The van der Waals surface area contributed by atoms with Gasteiger partial charge in [-0.25, -0.2) is 9.78 Å². The van der Waals surface area contributed by atoms with Gasteiger partial charge in [0.25, 0.3) is 5.69 Å². The number of ether oxygens (including phenoxy) is 1. The second-order valence-corrected chi connectivity index (χ2v) is 7.55. The van der Waals surface area contributed by atoms with Gasteiger partial charge in [-0.05, 0) is 33.8 Å². The van der Waals surface area contributed by atoms with E-state index in [4.69, 9.17) is 4.74 Å². The van der Waals surface area contributed by atoms with Crippen LogP contribution in [-0.4, -0.2) is 48.1 Å². The van der Waals surface area contributed by atoms with Gasteiger partial charge in [-0.15, -0.1) is 35.3 Å². The number of hydrogen-bond donors (Lipinski definition) is 3. The van der Waals surface area contributed by atoms with Crippen LogP contribution in [0.1, 0.15) is 47.2 Å². The molecule has 0 radical (unpaired) electrons. The molecule has 3 N–H and O–H groups in total. The Morgan fingerprint density at radius 1 is 1.34 bits per heavy atom. The first-order valence-corrected chi connectivity index (χ1v) is 10.9. The second kappa shape index (κ2) is 13.8. The number of aryl methyl sites for hydroxylation is 1. The lowest BCUT2D eigenvalue weighted by molar-refractivity contribution is -0.384. The van der Waals surface area contributed by atoms with E-state index in [1.807, 2.05) is 13.8 Å². The maximum Gasteiger partial charge on any atom is 0.350 e. The number of rotatable bonds is 10. The summed E-state index contributed by atoms with van der Waals surface area (Å²) >= 11 is 1.30. The number of nitrogens with zero attached hydrogens (tertiary/aromatic N) is 3. The minimum absolute atomic E-state index is 0. The fourth-order valence-corrected chi connectivity index (χ4v) is 3.68. The van der Waals surface area contributed by atoms with E-state index in [1.165, 1.54) is 17.4 Å². The van der Waals surface area contributed by atoms with Crippen molar-refractivity contribution in [2.24, 2.45) is 4.99 Å². The second-order valence-electron chi connectivity index (χ2n) is 6.51. The SMILES string of the molecule is CCNC(=NCCNc1ccccc1[N+](=O)[O-])NC(C)c1nc(C)c(C(=O)OCC)s1.I. The van der Waals surface area contributed by atoms with Gasteiger partial charge < -0.3 is 20.7 Å². The number of benzene rings is 1. The minimum atomic E-state index is -0.417. The van der Waals surface area contributed by atoms with Crippen LogP contribution in [0.5, 0.6) is 0 Å². The molecule has 176 valence electrons. The molecule has 10 nitrogen and oxygen atoms in total. The average molecular weight is 576 g/mol. The fourth-order valence-electron chi connectivity index (χ4n) is 2.72. The summed E-state index contributed by atoms with van der Waals surface area (Å²) in [7, 11) is 0. The van der Waals surface area contributed by atoms with Gasteiger partial charge >= 0.3 is 5.97 Å². The van der Waals surface area contributed by atoms with Crippen molar-refractivity contribution < 1.29 is 14.5 Å². The zero-order valence-electron chi connectivity index (χ0n) is 18.5. The van der Waals surface area contributed by atoms with Gasteiger partial charge in [0.2, 0.25) is 0 Å². The number of anilines is 1. The lowest BCUT2D eigenvalue weighted by Crippen LogP contribution is -2.39. The zero-order chi connectivity index (χ0) is 22.8. The highest BCUT2D eigenvalue weighted by molar-refractivity contribution is 14.0. The number of aliphatic imine (C=N–C) groups is 1. The maximum absolute atomic E-state index is 12.0. The van der Waals surface area contributed by atoms with Crippen molar-refractivity contribution >= 4 is 58.6 Å². The number of esters is 1. The molecule has 1 heterocycles. The Morgan fingerprint density at radius 2 is 2.06 bits per heavy atom. The van der Waals surface area contributed by atoms with Gasteiger partial charge in [-0.3, -0.25) is 15.1 Å². The largest absolute Gasteiger partial charge is 0.462 e. The van der Waals surface area contributed by atoms with Crippen LogP contribution in [0.2, 0.25) is 0 Å². The molecule has 0 spiro atoms. The van der Waals surface area contributed by atoms with Crippen LogP contribution in [0, 0.1) is 17.0 Å². The molecule has 2 aromatic rings. The number of guanidine groups is 1. The number of hydrogen-bond acceptors (Lipinski definition) is 8. The molecule has 0 saturated heterocycles. The van der Waals surface area contributed by atoms with Crippen LogP contribution in [0.4, 0.5) is 11.4 Å². The number of nitro benzene ring substituents is 1. The van der Waals surface area contributed by atoms with Crippen LogP contribution >= 0.6 is 35.3 Å². The normalized spacial score (nSPS) is 11.8. The van der Waals surface area contributed by atoms with Gasteiger partial charge in [0.05, 0.1) is 29.8 Å². The highest BCUT2D eigenvalue weighted by Crippen LogP contribution is 2.24. The van der Waals surface area contributed by atoms with Gasteiger partial charge in [-0.1, -0.05) is 12.1 Å². The summed E-state index contributed by atoms with van der Waals surface area (Å²) in [4.78, 5) is 32.2. The molecule has 0 amide bonds. The van der Waals surface area contributed by atoms with Crippen molar-refractivity contribution in [3.05, 3.63) is 50.0 Å². The predicted molar refractivity (Wildman–Crippen MR) is 137 cm³/mol. The third-order valence-electron chi connectivity index (χ3n) is 4.14. The van der Waals surface area contributed by atoms with Crippen LogP contribution in [-0.2, 0) is 4.74 Å². The number of nitro groups is 1. The lowest BCUT2D eigenvalue weighted by Gasteiger charge is -2.16. The van der Waals surface area contributed by atoms with Gasteiger partial charge in [0.15, 0.2) is 5.96 Å². The summed E-state index contributed by atoms with van der Waals surface area (Å²) in [5, 5.41) is 21.3. The van der Waals surface area contributed by atoms with Crippen molar-refractivity contribution in [2.75, 3.05) is 31.6 Å². The Bertz CT molecular complexity index is 937. The molecule has 12 heteroatoms. The molecule has 32 heavy (non-hydrogen) atoms. The first-order valence-electron chi connectivity index (χ1n) is 10.0. The van der Waals surface area contributed by atoms with E-state index >= 15 is 0 Å². The van der Waals surface area contributed by atoms with Crippen molar-refractivity contribution in [1.82, 2.24) is 15.6 Å². The standard InChI is InChI=1S/C20H28N6O4S.HI/c1-5-21-20(23-12-11-22-15-9-7-8-10-16(15)26(28)29)25-14(4)18-24-13(3)17(31-18)19(27)30-6-2;/h7-10,14,22H,5-6,11-12H2,1-4H3,(H2,21,23,25);1H. The molecule has 1 atom stereocenters. The molecule has 0 fully saturated rings. The summed E-state index contributed by atoms with van der Waals surface area (Å²) in [6.45, 7) is 9.26. The van der Waals surface area contributed by atoms with Crippen LogP contribution in [0.3, 0.4) is 0 Å². The van der Waals surface area contributed by atoms with Gasteiger partial charge in [0, 0.05) is 19.2 Å². The summed E-state index contributed by atoms with van der Waals surface area (Å²) < 4.78 is 5.07. The lowest BCUT2D eigenvalue weighted by atomic mass is 10.2. The highest BCUT2D eigenvalue weighted by atomic mass is 127. The Labute approximate surface area is 208 Å². The van der Waals surface area contributed by atoms with E-state index in [9.17, 15) is 14.9 Å². The molecular formula is C20H29IN6O4S. The predicted octanol–water partition coefficient (Wildman–Crippen LogP) is 3.88. The van der Waals surface area contributed by atoms with Crippen LogP contribution < -0.4 is 16.0 Å². The number of carbonyl (C=O) groups is 1. The minimum Gasteiger partial charge on any atom is -0.462 e. The van der Waals surface area contributed by atoms with Gasteiger partial charge in [0.1, 0.15) is 15.6 Å². The number of thiazole rings is 1. The first-order chi connectivity index (χ1) is 14.9. The fraction of sp³-hybridized carbons (Fsp3) is 0.450. The van der Waals surface area contributed by atoms with E-state index in [0.29, 0.717) is 48.5 Å². The molecule has 1 unspecified atom stereocenters. The van der Waals surface area contributed by atoms with Crippen molar-refractivity contribution in [3.63, 3.8) is 0 Å². The maximum atomic E-state index is 12.0. The Kier molecular flexibility index (Phi) is 11.9. The molecule has 0 aliphatic rings. The zero-order valence-corrected chi connectivity index (χ0v) is 21.7. The van der Waals surface area contributed by atoms with Crippen LogP contribution in [0.25, 0.3) is 0 Å². The summed E-state index contributed by atoms with van der Waals surface area (Å²) in [6, 6.07) is 6.32. The number of aromatic nitrogens is 1. The summed E-state index contributed by atoms with van der Waals surface area (Å²) in [5.41, 5.74) is 1.13. The number of para-hydroxylation sites is 2. The molecule has 0 aliphatic carbocycles. The van der Waals surface area contributed by atoms with E-state index < -0.39 is 4.92 Å². The highest BCUT2D eigenvalue weighted by Gasteiger charge is 2.20. The molecule has 0 aliphatic heterocycles. The third-order valence-corrected chi connectivity index (χ3v) is 5.46. The Hall–Kier alpha value is -2.48. The molecule has 0 saturated carbocycles. The Balaban J connectivity index is 0.00000512. The molecular weight excluding hydrogens is 547 g/mol. The number of halogens is 1. The monoisotopic (exact) mass is 576 g/mol. The number of carbonyl (C=O) groups excluding carboxylic acids is 1. The van der Waals surface area contributed by atoms with Crippen LogP contribution in [0.15, 0.2) is 29.3 Å². The van der Waals surface area contributed by atoms with E-state index in [-0.39, 0.29) is 41.7 Å². The molecule has 1 aromatic heterocycles. The summed E-state index contributed by atoms with van der Waals surface area (Å²) in [6.07, 6.45) is 0. The molecule has 2 rings (SSSR count). The van der Waals surface area contributed by atoms with E-state index in [2.05, 4.69) is 25.9 Å². The average Bonchev–Trinajstić information content (AvgIpc) is 3.13. The van der Waals surface area contributed by atoms with E-state index in [0.717, 1.165) is 5.01 Å².